The minimum Gasteiger partial charge on any atom is -0.330 e. The Labute approximate surface area is 68.5 Å². The van der Waals surface area contributed by atoms with Crippen LogP contribution in [0, 0.1) is 0 Å². The van der Waals surface area contributed by atoms with Crippen LogP contribution in [0.5, 0.6) is 0 Å². The highest BCUT2D eigenvalue weighted by Crippen LogP contribution is 1.94. The Hall–Kier alpha value is -0.160. The molecule has 4 heteroatoms. The van der Waals surface area contributed by atoms with Gasteiger partial charge in [-0.25, -0.2) is 0 Å². The molecule has 0 spiro atoms. The number of unbranched alkanes of at least 4 members (excludes halogenated alkanes) is 1. The lowest BCUT2D eigenvalue weighted by atomic mass is 10.2. The molecule has 4 nitrogen and oxygen atoms in total. The van der Waals surface area contributed by atoms with Crippen LogP contribution < -0.4 is 22.5 Å². The monoisotopic (exact) mass is 160 g/mol. The molecule has 0 aromatic heterocycles. The van der Waals surface area contributed by atoms with Crippen LogP contribution in [0.15, 0.2) is 0 Å². The third kappa shape index (κ3) is 7.74. The third-order valence-electron chi connectivity index (χ3n) is 1.52. The molecule has 68 valence electrons. The minimum atomic E-state index is 0.0881. The summed E-state index contributed by atoms with van der Waals surface area (Å²) in [5.41, 5.74) is 16.3. The number of nitrogens with one attached hydrogen (secondary N) is 1. The second kappa shape index (κ2) is 7.94. The molecule has 1 atom stereocenters. The summed E-state index contributed by atoms with van der Waals surface area (Å²) in [5, 5.41) is 3.10. The van der Waals surface area contributed by atoms with Crippen LogP contribution in [-0.2, 0) is 0 Å². The standard InChI is InChI=1S/C7H20N4/c8-4-2-1-3-7(10)11-6-5-9/h7,11H,1-6,8-10H2. The maximum absolute atomic E-state index is 5.69. The predicted octanol–water partition coefficient (Wildman–Crippen LogP) is -1.05. The first-order valence-electron chi connectivity index (χ1n) is 4.20. The largest absolute Gasteiger partial charge is 0.330 e. The maximum Gasteiger partial charge on any atom is 0.0546 e. The van der Waals surface area contributed by atoms with Crippen LogP contribution in [0.2, 0.25) is 0 Å². The summed E-state index contributed by atoms with van der Waals surface area (Å²) in [5.74, 6) is 0. The SMILES string of the molecule is NCCCCC(N)NCCN. The molecular formula is C7H20N4. The van der Waals surface area contributed by atoms with Crippen LogP contribution in [0.1, 0.15) is 19.3 Å². The Bertz CT molecular complexity index is 76.8. The van der Waals surface area contributed by atoms with Gasteiger partial charge in [0.15, 0.2) is 0 Å². The second-order valence-electron chi connectivity index (χ2n) is 2.63. The van der Waals surface area contributed by atoms with Gasteiger partial charge in [0.25, 0.3) is 0 Å². The van der Waals surface area contributed by atoms with E-state index in [2.05, 4.69) is 5.32 Å². The molecule has 0 bridgehead atoms. The van der Waals surface area contributed by atoms with Gasteiger partial charge in [0.05, 0.1) is 6.17 Å². The summed E-state index contributed by atoms with van der Waals surface area (Å²) in [6.07, 6.45) is 3.22. The highest BCUT2D eigenvalue weighted by atomic mass is 15.0. The summed E-state index contributed by atoms with van der Waals surface area (Å²) in [7, 11) is 0. The highest BCUT2D eigenvalue weighted by Gasteiger charge is 1.98. The van der Waals surface area contributed by atoms with Gasteiger partial charge in [-0.1, -0.05) is 0 Å². The fourth-order valence-electron chi connectivity index (χ4n) is 0.879. The summed E-state index contributed by atoms with van der Waals surface area (Å²) >= 11 is 0. The van der Waals surface area contributed by atoms with Crippen LogP contribution in [-0.4, -0.2) is 25.8 Å². The van der Waals surface area contributed by atoms with Gasteiger partial charge >= 0.3 is 0 Å². The lowest BCUT2D eigenvalue weighted by molar-refractivity contribution is 0.480. The van der Waals surface area contributed by atoms with E-state index in [4.69, 9.17) is 17.2 Å². The molecule has 0 aromatic rings. The first kappa shape index (κ1) is 10.8. The van der Waals surface area contributed by atoms with E-state index in [-0.39, 0.29) is 6.17 Å². The number of rotatable bonds is 7. The lowest BCUT2D eigenvalue weighted by Gasteiger charge is -2.11. The van der Waals surface area contributed by atoms with Gasteiger partial charge in [0.1, 0.15) is 0 Å². The Morgan fingerprint density at radius 2 is 1.82 bits per heavy atom. The third-order valence-corrected chi connectivity index (χ3v) is 1.52. The quantitative estimate of drug-likeness (QED) is 0.282. The second-order valence-corrected chi connectivity index (χ2v) is 2.63. The topological polar surface area (TPSA) is 90.1 Å². The van der Waals surface area contributed by atoms with Gasteiger partial charge in [-0.2, -0.15) is 0 Å². The number of hydrogen-bond acceptors (Lipinski definition) is 4. The van der Waals surface area contributed by atoms with Gasteiger partial charge in [-0.3, -0.25) is 0 Å². The molecule has 11 heavy (non-hydrogen) atoms. The van der Waals surface area contributed by atoms with Crippen LogP contribution in [0.3, 0.4) is 0 Å². The number of hydrogen-bond donors (Lipinski definition) is 4. The Balaban J connectivity index is 3.02. The first-order valence-corrected chi connectivity index (χ1v) is 4.20. The molecular weight excluding hydrogens is 140 g/mol. The molecule has 0 fully saturated rings. The average Bonchev–Trinajstić information content (AvgIpc) is 2.01. The zero-order chi connectivity index (χ0) is 8.53. The van der Waals surface area contributed by atoms with E-state index in [9.17, 15) is 0 Å². The normalized spacial score (nSPS) is 13.4. The molecule has 7 N–H and O–H groups in total. The van der Waals surface area contributed by atoms with Crippen molar-refractivity contribution in [1.82, 2.24) is 5.32 Å². The number of nitrogens with two attached hydrogens (primary N) is 3. The first-order chi connectivity index (χ1) is 5.31. The smallest absolute Gasteiger partial charge is 0.0546 e. The van der Waals surface area contributed by atoms with E-state index in [0.29, 0.717) is 6.54 Å². The summed E-state index contributed by atoms with van der Waals surface area (Å²) in [6, 6.07) is 0. The van der Waals surface area contributed by atoms with Crippen LogP contribution >= 0.6 is 0 Å². The minimum absolute atomic E-state index is 0.0881. The zero-order valence-electron chi connectivity index (χ0n) is 7.05. The average molecular weight is 160 g/mol. The molecule has 0 rings (SSSR count). The summed E-state index contributed by atoms with van der Waals surface area (Å²) in [6.45, 7) is 2.19. The molecule has 0 heterocycles. The van der Waals surface area contributed by atoms with Crippen molar-refractivity contribution in [3.8, 4) is 0 Å². The van der Waals surface area contributed by atoms with Crippen LogP contribution in [0.4, 0.5) is 0 Å². The lowest BCUT2D eigenvalue weighted by Crippen LogP contribution is -2.40. The summed E-state index contributed by atoms with van der Waals surface area (Å²) < 4.78 is 0. The van der Waals surface area contributed by atoms with Crippen molar-refractivity contribution in [3.63, 3.8) is 0 Å². The van der Waals surface area contributed by atoms with Crippen molar-refractivity contribution in [1.29, 1.82) is 0 Å². The fourth-order valence-corrected chi connectivity index (χ4v) is 0.879. The van der Waals surface area contributed by atoms with E-state index in [0.717, 1.165) is 32.4 Å². The summed E-state index contributed by atoms with van der Waals surface area (Å²) in [4.78, 5) is 0. The van der Waals surface area contributed by atoms with Gasteiger partial charge in [-0.05, 0) is 25.8 Å². The predicted molar refractivity (Wildman–Crippen MR) is 47.9 cm³/mol. The van der Waals surface area contributed by atoms with E-state index in [1.165, 1.54) is 0 Å². The molecule has 0 aliphatic carbocycles. The fraction of sp³-hybridized carbons (Fsp3) is 1.00. The van der Waals surface area contributed by atoms with Crippen molar-refractivity contribution in [2.24, 2.45) is 17.2 Å². The highest BCUT2D eigenvalue weighted by molar-refractivity contribution is 4.58. The molecule has 0 amide bonds. The van der Waals surface area contributed by atoms with Gasteiger partial charge < -0.3 is 22.5 Å². The van der Waals surface area contributed by atoms with E-state index >= 15 is 0 Å². The van der Waals surface area contributed by atoms with E-state index in [1.807, 2.05) is 0 Å². The van der Waals surface area contributed by atoms with Gasteiger partial charge in [0, 0.05) is 13.1 Å². The van der Waals surface area contributed by atoms with Crippen molar-refractivity contribution >= 4 is 0 Å². The molecule has 0 aromatic carbocycles. The Morgan fingerprint density at radius 1 is 1.09 bits per heavy atom. The zero-order valence-corrected chi connectivity index (χ0v) is 7.05. The van der Waals surface area contributed by atoms with Crippen LogP contribution in [0.25, 0.3) is 0 Å². The molecule has 0 aliphatic rings. The van der Waals surface area contributed by atoms with Gasteiger partial charge in [0.2, 0.25) is 0 Å². The maximum atomic E-state index is 5.69. The molecule has 0 saturated heterocycles. The molecule has 0 radical (unpaired) electrons. The van der Waals surface area contributed by atoms with Gasteiger partial charge in [-0.15, -0.1) is 0 Å². The Kier molecular flexibility index (Phi) is 7.83. The van der Waals surface area contributed by atoms with E-state index < -0.39 is 0 Å². The van der Waals surface area contributed by atoms with Crippen molar-refractivity contribution in [2.75, 3.05) is 19.6 Å². The molecule has 0 saturated carbocycles. The van der Waals surface area contributed by atoms with Crippen molar-refractivity contribution in [3.05, 3.63) is 0 Å². The van der Waals surface area contributed by atoms with Crippen molar-refractivity contribution in [2.45, 2.75) is 25.4 Å². The molecule has 1 unspecified atom stereocenters. The molecule has 0 aliphatic heterocycles. The van der Waals surface area contributed by atoms with E-state index in [1.54, 1.807) is 0 Å². The Morgan fingerprint density at radius 3 is 2.36 bits per heavy atom. The van der Waals surface area contributed by atoms with Crippen molar-refractivity contribution < 1.29 is 0 Å².